The average Bonchev–Trinajstić information content (AvgIpc) is 3.19. The van der Waals surface area contributed by atoms with Crippen LogP contribution in [0, 0.1) is 0 Å². The summed E-state index contributed by atoms with van der Waals surface area (Å²) in [4.78, 5) is 17.0. The largest absolute Gasteiger partial charge is 0.308 e. The van der Waals surface area contributed by atoms with Crippen molar-refractivity contribution in [1.29, 1.82) is 0 Å². The Morgan fingerprint density at radius 3 is 2.34 bits per heavy atom. The van der Waals surface area contributed by atoms with Crippen molar-refractivity contribution < 1.29 is 8.42 Å². The first-order chi connectivity index (χ1) is 13.9. The van der Waals surface area contributed by atoms with Crippen molar-refractivity contribution in [2.75, 3.05) is 13.1 Å². The van der Waals surface area contributed by atoms with Crippen molar-refractivity contribution in [2.45, 2.75) is 38.6 Å². The lowest BCUT2D eigenvalue weighted by Gasteiger charge is -2.18. The molecular weight excluding hydrogens is 406 g/mol. The number of hydrogen-bond donors (Lipinski definition) is 0. The number of nitrogens with zero attached hydrogens (tertiary/aromatic N) is 3. The lowest BCUT2D eigenvalue weighted by atomic mass is 10.1. The fourth-order valence-corrected chi connectivity index (χ4v) is 5.36. The molecule has 1 aromatic carbocycles. The lowest BCUT2D eigenvalue weighted by molar-refractivity contribution is 0.444. The smallest absolute Gasteiger partial charge is 0.250 e. The maximum absolute atomic E-state index is 12.7. The van der Waals surface area contributed by atoms with Crippen LogP contribution in [0.3, 0.4) is 0 Å². The van der Waals surface area contributed by atoms with Crippen molar-refractivity contribution in [2.24, 2.45) is 0 Å². The average molecular weight is 432 g/mol. The zero-order valence-corrected chi connectivity index (χ0v) is 18.5. The van der Waals surface area contributed by atoms with Crippen LogP contribution in [0.5, 0.6) is 0 Å². The molecule has 0 aliphatic carbocycles. The molecule has 0 aliphatic rings. The van der Waals surface area contributed by atoms with Crippen molar-refractivity contribution in [3.63, 3.8) is 0 Å². The van der Waals surface area contributed by atoms with Gasteiger partial charge in [-0.15, -0.1) is 11.3 Å². The van der Waals surface area contributed by atoms with E-state index in [1.165, 1.54) is 44.1 Å². The number of aromatic nitrogens is 2. The van der Waals surface area contributed by atoms with Gasteiger partial charge >= 0.3 is 0 Å². The predicted molar refractivity (Wildman–Crippen MR) is 117 cm³/mol. The topological polar surface area (TPSA) is 72.3 Å². The normalized spacial score (nSPS) is 11.9. The van der Waals surface area contributed by atoms with E-state index in [4.69, 9.17) is 0 Å². The van der Waals surface area contributed by atoms with Gasteiger partial charge < -0.3 is 4.57 Å². The summed E-state index contributed by atoms with van der Waals surface area (Å²) in [6.07, 6.45) is 2.39. The fraction of sp³-hybridized carbons (Fsp3) is 0.333. The summed E-state index contributed by atoms with van der Waals surface area (Å²) < 4.78 is 28.3. The molecule has 29 heavy (non-hydrogen) atoms. The number of benzene rings is 1. The molecule has 0 bridgehead atoms. The van der Waals surface area contributed by atoms with Crippen LogP contribution in [0.2, 0.25) is 0 Å². The van der Waals surface area contributed by atoms with Crippen LogP contribution in [0.4, 0.5) is 0 Å². The molecule has 3 aromatic rings. The van der Waals surface area contributed by atoms with Crippen molar-refractivity contribution >= 4 is 21.4 Å². The number of sulfonamides is 1. The van der Waals surface area contributed by atoms with E-state index in [0.29, 0.717) is 13.1 Å². The van der Waals surface area contributed by atoms with Crippen LogP contribution in [-0.4, -0.2) is 35.4 Å². The zero-order chi connectivity index (χ0) is 21.0. The van der Waals surface area contributed by atoms with E-state index in [-0.39, 0.29) is 17.0 Å². The van der Waals surface area contributed by atoms with E-state index in [1.54, 1.807) is 13.8 Å². The van der Waals surface area contributed by atoms with Gasteiger partial charge in [0.25, 0.3) is 5.56 Å². The Labute approximate surface area is 175 Å². The van der Waals surface area contributed by atoms with Gasteiger partial charge in [-0.25, -0.2) is 13.4 Å². The number of aryl methyl sites for hydroxylation is 1. The summed E-state index contributed by atoms with van der Waals surface area (Å²) in [6, 6.07) is 10.9. The number of thiazole rings is 1. The van der Waals surface area contributed by atoms with Gasteiger partial charge in [-0.1, -0.05) is 45.0 Å². The molecule has 0 N–H and O–H groups in total. The molecule has 0 fully saturated rings. The Kier molecular flexibility index (Phi) is 6.66. The Bertz CT molecular complexity index is 1130. The highest BCUT2D eigenvalue weighted by atomic mass is 32.2. The van der Waals surface area contributed by atoms with Crippen molar-refractivity contribution in [3.05, 3.63) is 69.6 Å². The van der Waals surface area contributed by atoms with Crippen molar-refractivity contribution in [3.8, 4) is 10.6 Å². The van der Waals surface area contributed by atoms with Gasteiger partial charge in [0.2, 0.25) is 10.0 Å². The highest BCUT2D eigenvalue weighted by Gasteiger charge is 2.22. The summed E-state index contributed by atoms with van der Waals surface area (Å²) in [5, 5.41) is 2.78. The first-order valence-corrected chi connectivity index (χ1v) is 11.9. The Morgan fingerprint density at radius 2 is 1.72 bits per heavy atom. The predicted octanol–water partition coefficient (Wildman–Crippen LogP) is 3.61. The summed E-state index contributed by atoms with van der Waals surface area (Å²) in [7, 11) is -3.62. The minimum atomic E-state index is -3.62. The molecule has 0 atom stereocenters. The van der Waals surface area contributed by atoms with E-state index < -0.39 is 10.0 Å². The molecule has 0 saturated heterocycles. The third kappa shape index (κ3) is 4.66. The standard InChI is InChI=1S/C21H25N3O3S2/c1-4-16-7-9-17(10-8-16)21-22-18(15-28-21)13-23-14-19(11-12-20(23)25)29(26,27)24(5-2)6-3/h7-12,14-15H,4-6,13H2,1-3H3. The van der Waals surface area contributed by atoms with E-state index >= 15 is 0 Å². The molecule has 0 unspecified atom stereocenters. The van der Waals surface area contributed by atoms with Crippen LogP contribution >= 0.6 is 11.3 Å². The van der Waals surface area contributed by atoms with Gasteiger partial charge in [0.15, 0.2) is 0 Å². The van der Waals surface area contributed by atoms with E-state index in [1.807, 2.05) is 17.5 Å². The monoisotopic (exact) mass is 431 g/mol. The minimum Gasteiger partial charge on any atom is -0.308 e. The zero-order valence-electron chi connectivity index (χ0n) is 16.8. The molecule has 6 nitrogen and oxygen atoms in total. The van der Waals surface area contributed by atoms with Gasteiger partial charge in [0, 0.05) is 36.3 Å². The third-order valence-electron chi connectivity index (χ3n) is 4.79. The fourth-order valence-electron chi connectivity index (χ4n) is 3.07. The van der Waals surface area contributed by atoms with Crippen LogP contribution < -0.4 is 5.56 Å². The summed E-state index contributed by atoms with van der Waals surface area (Å²) in [6.45, 7) is 6.68. The summed E-state index contributed by atoms with van der Waals surface area (Å²) in [5.41, 5.74) is 2.77. The van der Waals surface area contributed by atoms with Gasteiger partial charge in [-0.05, 0) is 18.1 Å². The second-order valence-electron chi connectivity index (χ2n) is 6.61. The van der Waals surface area contributed by atoms with Crippen LogP contribution in [0.25, 0.3) is 10.6 Å². The molecule has 2 heterocycles. The van der Waals surface area contributed by atoms with Gasteiger partial charge in [-0.3, -0.25) is 4.79 Å². The number of pyridine rings is 1. The molecule has 0 spiro atoms. The second kappa shape index (κ2) is 9.02. The number of rotatable bonds is 8. The SMILES string of the molecule is CCc1ccc(-c2nc(Cn3cc(S(=O)(=O)N(CC)CC)ccc3=O)cs2)cc1. The minimum absolute atomic E-state index is 0.117. The Morgan fingerprint density at radius 1 is 1.03 bits per heavy atom. The maximum atomic E-state index is 12.7. The first-order valence-electron chi connectivity index (χ1n) is 9.63. The van der Waals surface area contributed by atoms with Crippen molar-refractivity contribution in [1.82, 2.24) is 13.9 Å². The molecule has 8 heteroatoms. The van der Waals surface area contributed by atoms with E-state index in [0.717, 1.165) is 22.7 Å². The maximum Gasteiger partial charge on any atom is 0.250 e. The highest BCUT2D eigenvalue weighted by Crippen LogP contribution is 2.24. The third-order valence-corrected chi connectivity index (χ3v) is 7.77. The van der Waals surface area contributed by atoms with Crippen LogP contribution in [0.1, 0.15) is 32.0 Å². The first kappa shape index (κ1) is 21.4. The highest BCUT2D eigenvalue weighted by molar-refractivity contribution is 7.89. The lowest BCUT2D eigenvalue weighted by Crippen LogP contribution is -2.32. The Balaban J connectivity index is 1.87. The van der Waals surface area contributed by atoms with Gasteiger partial charge in [0.05, 0.1) is 17.1 Å². The van der Waals surface area contributed by atoms with E-state index in [2.05, 4.69) is 24.0 Å². The summed E-state index contributed by atoms with van der Waals surface area (Å²) >= 11 is 1.51. The number of hydrogen-bond acceptors (Lipinski definition) is 5. The molecule has 0 aliphatic heterocycles. The molecule has 3 rings (SSSR count). The molecule has 154 valence electrons. The molecule has 0 amide bonds. The second-order valence-corrected chi connectivity index (χ2v) is 9.41. The molecule has 0 radical (unpaired) electrons. The van der Waals surface area contributed by atoms with Crippen LogP contribution in [0.15, 0.2) is 57.7 Å². The molecule has 2 aromatic heterocycles. The van der Waals surface area contributed by atoms with Gasteiger partial charge in [-0.2, -0.15) is 4.31 Å². The van der Waals surface area contributed by atoms with Gasteiger partial charge in [0.1, 0.15) is 5.01 Å². The molecule has 0 saturated carbocycles. The Hall–Kier alpha value is -2.29. The van der Waals surface area contributed by atoms with Crippen LogP contribution in [-0.2, 0) is 23.0 Å². The molecular formula is C21H25N3O3S2. The van der Waals surface area contributed by atoms with E-state index in [9.17, 15) is 13.2 Å². The summed E-state index contributed by atoms with van der Waals surface area (Å²) in [5.74, 6) is 0. The quantitative estimate of drug-likeness (QED) is 0.546.